The maximum absolute atomic E-state index is 12.8. The number of carbonyl (C=O) groups excluding carboxylic acids is 2. The zero-order valence-corrected chi connectivity index (χ0v) is 14.9. The van der Waals surface area contributed by atoms with Crippen molar-refractivity contribution in [3.8, 4) is 0 Å². The number of hydrogen-bond donors (Lipinski definition) is 1. The van der Waals surface area contributed by atoms with E-state index >= 15 is 0 Å². The molecule has 2 fully saturated rings. The minimum Gasteiger partial charge on any atom is -0.451 e. The Kier molecular flexibility index (Phi) is 4.20. The Morgan fingerprint density at radius 1 is 1.20 bits per heavy atom. The van der Waals surface area contributed by atoms with Crippen LogP contribution >= 0.6 is 11.6 Å². The van der Waals surface area contributed by atoms with E-state index in [1.807, 2.05) is 13.0 Å². The fourth-order valence-corrected chi connectivity index (χ4v) is 3.60. The maximum atomic E-state index is 12.8. The van der Waals surface area contributed by atoms with Crippen LogP contribution in [0.1, 0.15) is 41.8 Å². The monoisotopic (exact) mass is 360 g/mol. The molecule has 2 amide bonds. The number of likely N-dealkylation sites (tertiary alicyclic amines) is 1. The van der Waals surface area contributed by atoms with Gasteiger partial charge in [-0.05, 0) is 50.8 Å². The second kappa shape index (κ2) is 6.37. The van der Waals surface area contributed by atoms with Crippen molar-refractivity contribution >= 4 is 34.4 Å². The second-order valence-electron chi connectivity index (χ2n) is 7.05. The summed E-state index contributed by atoms with van der Waals surface area (Å²) in [6, 6.07) is 5.75. The summed E-state index contributed by atoms with van der Waals surface area (Å²) in [5.74, 6) is 0.424. The van der Waals surface area contributed by atoms with Crippen LogP contribution in [0.5, 0.6) is 0 Å². The Labute approximate surface area is 151 Å². The number of piperidine rings is 1. The zero-order chi connectivity index (χ0) is 17.6. The van der Waals surface area contributed by atoms with Gasteiger partial charge in [-0.2, -0.15) is 0 Å². The van der Waals surface area contributed by atoms with E-state index in [1.165, 1.54) is 0 Å². The molecule has 0 unspecified atom stereocenters. The number of furan rings is 1. The summed E-state index contributed by atoms with van der Waals surface area (Å²) in [6.07, 6.45) is 3.60. The Balaban J connectivity index is 1.45. The highest BCUT2D eigenvalue weighted by molar-refractivity contribution is 6.31. The molecular formula is C19H21ClN2O3. The first-order chi connectivity index (χ1) is 12.0. The molecule has 4 rings (SSSR count). The van der Waals surface area contributed by atoms with Crippen molar-refractivity contribution in [2.24, 2.45) is 5.92 Å². The highest BCUT2D eigenvalue weighted by Gasteiger charge is 2.32. The van der Waals surface area contributed by atoms with E-state index in [0.717, 1.165) is 23.8 Å². The molecule has 0 radical (unpaired) electrons. The van der Waals surface area contributed by atoms with Crippen LogP contribution in [0.15, 0.2) is 22.6 Å². The number of fused-ring (bicyclic) bond motifs is 1. The molecule has 1 saturated heterocycles. The Bertz CT molecular complexity index is 833. The molecule has 1 aliphatic carbocycles. The number of carbonyl (C=O) groups is 2. The lowest BCUT2D eigenvalue weighted by molar-refractivity contribution is -0.126. The smallest absolute Gasteiger partial charge is 0.289 e. The lowest BCUT2D eigenvalue weighted by Crippen LogP contribution is -2.43. The fourth-order valence-electron chi connectivity index (χ4n) is 3.43. The Morgan fingerprint density at radius 3 is 2.60 bits per heavy atom. The Morgan fingerprint density at radius 2 is 1.92 bits per heavy atom. The van der Waals surface area contributed by atoms with Gasteiger partial charge in [-0.15, -0.1) is 0 Å². The summed E-state index contributed by atoms with van der Waals surface area (Å²) in [5, 5.41) is 4.55. The summed E-state index contributed by atoms with van der Waals surface area (Å²) in [5.41, 5.74) is 1.49. The maximum Gasteiger partial charge on any atom is 0.289 e. The van der Waals surface area contributed by atoms with Crippen LogP contribution < -0.4 is 5.32 Å². The van der Waals surface area contributed by atoms with Crippen molar-refractivity contribution in [3.63, 3.8) is 0 Å². The third-order valence-electron chi connectivity index (χ3n) is 5.17. The molecule has 6 heteroatoms. The Hall–Kier alpha value is -2.01. The van der Waals surface area contributed by atoms with E-state index < -0.39 is 0 Å². The predicted molar refractivity (Wildman–Crippen MR) is 95.8 cm³/mol. The van der Waals surface area contributed by atoms with E-state index in [-0.39, 0.29) is 17.7 Å². The van der Waals surface area contributed by atoms with Gasteiger partial charge in [-0.1, -0.05) is 11.6 Å². The molecule has 2 aromatic rings. The van der Waals surface area contributed by atoms with Crippen LogP contribution in [-0.2, 0) is 4.79 Å². The molecule has 1 N–H and O–H groups in total. The van der Waals surface area contributed by atoms with E-state index in [1.54, 1.807) is 17.0 Å². The molecule has 1 aromatic heterocycles. The number of amides is 2. The first-order valence-electron chi connectivity index (χ1n) is 8.81. The minimum absolute atomic E-state index is 0.0141. The molecule has 25 heavy (non-hydrogen) atoms. The van der Waals surface area contributed by atoms with E-state index in [9.17, 15) is 9.59 Å². The van der Waals surface area contributed by atoms with Crippen LogP contribution in [-0.4, -0.2) is 35.8 Å². The second-order valence-corrected chi connectivity index (χ2v) is 7.48. The molecule has 5 nitrogen and oxygen atoms in total. The normalized spacial score (nSPS) is 18.6. The van der Waals surface area contributed by atoms with Crippen LogP contribution in [0.4, 0.5) is 0 Å². The van der Waals surface area contributed by atoms with Crippen LogP contribution in [0, 0.1) is 12.8 Å². The van der Waals surface area contributed by atoms with Gasteiger partial charge >= 0.3 is 0 Å². The van der Waals surface area contributed by atoms with Gasteiger partial charge in [-0.25, -0.2) is 0 Å². The molecule has 2 aliphatic rings. The van der Waals surface area contributed by atoms with Gasteiger partial charge in [-0.3, -0.25) is 9.59 Å². The zero-order valence-electron chi connectivity index (χ0n) is 14.2. The quantitative estimate of drug-likeness (QED) is 0.910. The summed E-state index contributed by atoms with van der Waals surface area (Å²) in [7, 11) is 0. The van der Waals surface area contributed by atoms with Crippen molar-refractivity contribution in [3.05, 3.63) is 34.5 Å². The molecule has 0 bridgehead atoms. The summed E-state index contributed by atoms with van der Waals surface area (Å²) in [4.78, 5) is 26.8. The van der Waals surface area contributed by atoms with Crippen molar-refractivity contribution in [2.75, 3.05) is 13.1 Å². The highest BCUT2D eigenvalue weighted by atomic mass is 35.5. The summed E-state index contributed by atoms with van der Waals surface area (Å²) >= 11 is 6.04. The van der Waals surface area contributed by atoms with E-state index in [4.69, 9.17) is 16.0 Å². The third kappa shape index (κ3) is 3.25. The van der Waals surface area contributed by atoms with Crippen molar-refractivity contribution < 1.29 is 14.0 Å². The first-order valence-corrected chi connectivity index (χ1v) is 9.19. The largest absolute Gasteiger partial charge is 0.451 e. The molecule has 132 valence electrons. The average Bonchev–Trinajstić information content (AvgIpc) is 3.37. The van der Waals surface area contributed by atoms with Gasteiger partial charge < -0.3 is 14.6 Å². The standard InChI is InChI=1S/C19H21ClN2O3/c1-11-15-10-13(20)2-5-16(15)25-17(11)19(24)22-8-6-12(7-9-22)18(23)21-14-3-4-14/h2,5,10,12,14H,3-4,6-9H2,1H3,(H,21,23). The lowest BCUT2D eigenvalue weighted by Gasteiger charge is -2.31. The molecule has 1 aromatic carbocycles. The molecular weight excluding hydrogens is 340 g/mol. The molecule has 1 aliphatic heterocycles. The topological polar surface area (TPSA) is 62.6 Å². The third-order valence-corrected chi connectivity index (χ3v) is 5.40. The SMILES string of the molecule is Cc1c(C(=O)N2CCC(C(=O)NC3CC3)CC2)oc2ccc(Cl)cc12. The van der Waals surface area contributed by atoms with Crippen LogP contribution in [0.3, 0.4) is 0 Å². The van der Waals surface area contributed by atoms with Crippen LogP contribution in [0.2, 0.25) is 5.02 Å². The van der Waals surface area contributed by atoms with E-state index in [2.05, 4.69) is 5.32 Å². The van der Waals surface area contributed by atoms with Crippen molar-refractivity contribution in [2.45, 2.75) is 38.6 Å². The van der Waals surface area contributed by atoms with Gasteiger partial charge in [0.1, 0.15) is 5.58 Å². The molecule has 1 saturated carbocycles. The number of nitrogens with zero attached hydrogens (tertiary/aromatic N) is 1. The van der Waals surface area contributed by atoms with Gasteiger partial charge in [0.25, 0.3) is 5.91 Å². The van der Waals surface area contributed by atoms with Gasteiger partial charge in [0.15, 0.2) is 5.76 Å². The highest BCUT2D eigenvalue weighted by Crippen LogP contribution is 2.30. The number of nitrogens with one attached hydrogen (secondary N) is 1. The van der Waals surface area contributed by atoms with Crippen LogP contribution in [0.25, 0.3) is 11.0 Å². The summed E-state index contributed by atoms with van der Waals surface area (Å²) < 4.78 is 5.77. The van der Waals surface area contributed by atoms with Gasteiger partial charge in [0.05, 0.1) is 0 Å². The number of benzene rings is 1. The average molecular weight is 361 g/mol. The van der Waals surface area contributed by atoms with Gasteiger partial charge in [0, 0.05) is 41.0 Å². The number of hydrogen-bond acceptors (Lipinski definition) is 3. The van der Waals surface area contributed by atoms with Gasteiger partial charge in [0.2, 0.25) is 5.91 Å². The summed E-state index contributed by atoms with van der Waals surface area (Å²) in [6.45, 7) is 3.04. The molecule has 2 heterocycles. The van der Waals surface area contributed by atoms with Crippen molar-refractivity contribution in [1.82, 2.24) is 10.2 Å². The first kappa shape index (κ1) is 16.5. The number of aryl methyl sites for hydroxylation is 1. The fraction of sp³-hybridized carbons (Fsp3) is 0.474. The predicted octanol–water partition coefficient (Wildman–Crippen LogP) is 3.53. The minimum atomic E-state index is -0.106. The number of halogens is 1. The molecule has 0 atom stereocenters. The number of rotatable bonds is 3. The molecule has 0 spiro atoms. The van der Waals surface area contributed by atoms with Crippen molar-refractivity contribution in [1.29, 1.82) is 0 Å². The van der Waals surface area contributed by atoms with E-state index in [0.29, 0.717) is 48.3 Å². The lowest BCUT2D eigenvalue weighted by atomic mass is 9.95.